The molecule has 1 N–H and O–H groups in total. The maximum absolute atomic E-state index is 10.9. The molecule has 0 aliphatic rings. The van der Waals surface area contributed by atoms with Crippen LogP contribution in [0.3, 0.4) is 0 Å². The van der Waals surface area contributed by atoms with Crippen molar-refractivity contribution in [3.8, 4) is 0 Å². The Morgan fingerprint density at radius 3 is 2.56 bits per heavy atom. The average molecular weight is 221 g/mol. The molecule has 0 spiro atoms. The third kappa shape index (κ3) is 2.44. The Kier molecular flexibility index (Phi) is 3.40. The van der Waals surface area contributed by atoms with Crippen LogP contribution >= 0.6 is 0 Å². The Hall–Kier alpha value is -2.17. The van der Waals surface area contributed by atoms with E-state index in [9.17, 15) is 14.9 Å². The summed E-state index contributed by atoms with van der Waals surface area (Å²) in [7, 11) is 0. The van der Waals surface area contributed by atoms with Crippen molar-refractivity contribution >= 4 is 17.7 Å². The fourth-order valence-electron chi connectivity index (χ4n) is 1.36. The summed E-state index contributed by atoms with van der Waals surface area (Å²) in [5.41, 5.74) is 1.62. The van der Waals surface area contributed by atoms with Gasteiger partial charge in [-0.25, -0.2) is 4.79 Å². The zero-order chi connectivity index (χ0) is 12.3. The predicted molar refractivity (Wildman–Crippen MR) is 59.2 cm³/mol. The van der Waals surface area contributed by atoms with E-state index in [1.54, 1.807) is 26.0 Å². The fourth-order valence-corrected chi connectivity index (χ4v) is 1.36. The number of carbonyl (C=O) groups is 1. The number of aryl methyl sites for hydroxylation is 1. The van der Waals surface area contributed by atoms with Crippen molar-refractivity contribution in [2.24, 2.45) is 0 Å². The summed E-state index contributed by atoms with van der Waals surface area (Å²) in [5.74, 6) is -1.13. The minimum Gasteiger partial charge on any atom is -0.478 e. The summed E-state index contributed by atoms with van der Waals surface area (Å²) in [5, 5.41) is 19.3. The lowest BCUT2D eigenvalue weighted by Crippen LogP contribution is -1.97. The van der Waals surface area contributed by atoms with E-state index in [-0.39, 0.29) is 5.69 Å². The first-order valence-corrected chi connectivity index (χ1v) is 4.59. The van der Waals surface area contributed by atoms with Crippen LogP contribution in [0.2, 0.25) is 0 Å². The van der Waals surface area contributed by atoms with Gasteiger partial charge in [-0.05, 0) is 31.6 Å². The van der Waals surface area contributed by atoms with Crippen molar-refractivity contribution in [2.75, 3.05) is 0 Å². The van der Waals surface area contributed by atoms with Crippen molar-refractivity contribution in [3.05, 3.63) is 45.0 Å². The van der Waals surface area contributed by atoms with Gasteiger partial charge in [0.2, 0.25) is 0 Å². The standard InChI is InChI=1S/C11H11NO4/c1-7-3-4-9(5-6-10(13)14)11(8(7)2)12(15)16/h3-6H,1-2H3,(H,13,14)/b6-5+. The van der Waals surface area contributed by atoms with E-state index in [4.69, 9.17) is 5.11 Å². The molecule has 1 aromatic carbocycles. The van der Waals surface area contributed by atoms with Gasteiger partial charge in [0.25, 0.3) is 5.69 Å². The molecule has 0 aromatic heterocycles. The molecule has 0 aliphatic carbocycles. The van der Waals surface area contributed by atoms with E-state index in [1.807, 2.05) is 0 Å². The molecule has 0 atom stereocenters. The molecule has 0 aliphatic heterocycles. The van der Waals surface area contributed by atoms with Gasteiger partial charge in [-0.3, -0.25) is 10.1 Å². The van der Waals surface area contributed by atoms with Crippen LogP contribution in [0.15, 0.2) is 18.2 Å². The van der Waals surface area contributed by atoms with Crippen molar-refractivity contribution in [1.29, 1.82) is 0 Å². The first-order valence-electron chi connectivity index (χ1n) is 4.59. The van der Waals surface area contributed by atoms with Gasteiger partial charge >= 0.3 is 5.97 Å². The highest BCUT2D eigenvalue weighted by Gasteiger charge is 2.16. The number of nitrogens with zero attached hydrogens (tertiary/aromatic N) is 1. The van der Waals surface area contributed by atoms with Gasteiger partial charge in [-0.1, -0.05) is 6.07 Å². The van der Waals surface area contributed by atoms with E-state index in [0.29, 0.717) is 11.1 Å². The Labute approximate surface area is 92.2 Å². The highest BCUT2D eigenvalue weighted by molar-refractivity contribution is 5.86. The second kappa shape index (κ2) is 4.57. The van der Waals surface area contributed by atoms with Crippen LogP contribution < -0.4 is 0 Å². The van der Waals surface area contributed by atoms with Crippen molar-refractivity contribution in [2.45, 2.75) is 13.8 Å². The van der Waals surface area contributed by atoms with E-state index in [1.165, 1.54) is 6.08 Å². The third-order valence-electron chi connectivity index (χ3n) is 2.32. The molecular weight excluding hydrogens is 210 g/mol. The van der Waals surface area contributed by atoms with Crippen molar-refractivity contribution < 1.29 is 14.8 Å². The summed E-state index contributed by atoms with van der Waals surface area (Å²) < 4.78 is 0. The van der Waals surface area contributed by atoms with Gasteiger partial charge in [0, 0.05) is 11.6 Å². The minimum absolute atomic E-state index is 0.0440. The largest absolute Gasteiger partial charge is 0.478 e. The molecule has 0 saturated heterocycles. The van der Waals surface area contributed by atoms with Gasteiger partial charge < -0.3 is 5.11 Å². The number of rotatable bonds is 3. The van der Waals surface area contributed by atoms with E-state index in [2.05, 4.69) is 0 Å². The molecule has 0 fully saturated rings. The van der Waals surface area contributed by atoms with Crippen LogP contribution in [0.25, 0.3) is 6.08 Å². The number of nitro benzene ring substituents is 1. The number of benzene rings is 1. The molecule has 1 rings (SSSR count). The summed E-state index contributed by atoms with van der Waals surface area (Å²) in [6.45, 7) is 3.42. The predicted octanol–water partition coefficient (Wildman–Crippen LogP) is 2.31. The zero-order valence-electron chi connectivity index (χ0n) is 8.93. The second-order valence-corrected chi connectivity index (χ2v) is 3.37. The summed E-state index contributed by atoms with van der Waals surface area (Å²) in [6.07, 6.45) is 2.12. The number of carboxylic acids is 1. The van der Waals surface area contributed by atoms with E-state index >= 15 is 0 Å². The van der Waals surface area contributed by atoms with Crippen LogP contribution in [-0.4, -0.2) is 16.0 Å². The number of hydrogen-bond donors (Lipinski definition) is 1. The highest BCUT2D eigenvalue weighted by atomic mass is 16.6. The molecule has 0 unspecified atom stereocenters. The van der Waals surface area contributed by atoms with Gasteiger partial charge in [0.1, 0.15) is 0 Å². The van der Waals surface area contributed by atoms with Gasteiger partial charge in [0.15, 0.2) is 0 Å². The van der Waals surface area contributed by atoms with Crippen LogP contribution in [0.5, 0.6) is 0 Å². The quantitative estimate of drug-likeness (QED) is 0.482. The monoisotopic (exact) mass is 221 g/mol. The van der Waals surface area contributed by atoms with Crippen LogP contribution in [0.4, 0.5) is 5.69 Å². The number of nitro groups is 1. The van der Waals surface area contributed by atoms with Crippen molar-refractivity contribution in [1.82, 2.24) is 0 Å². The summed E-state index contributed by atoms with van der Waals surface area (Å²) in [4.78, 5) is 20.7. The van der Waals surface area contributed by atoms with Crippen LogP contribution in [-0.2, 0) is 4.79 Å². The number of hydrogen-bond acceptors (Lipinski definition) is 3. The molecule has 1 aromatic rings. The summed E-state index contributed by atoms with van der Waals surface area (Å²) in [6, 6.07) is 3.27. The van der Waals surface area contributed by atoms with E-state index < -0.39 is 10.9 Å². The zero-order valence-corrected chi connectivity index (χ0v) is 8.93. The van der Waals surface area contributed by atoms with Crippen molar-refractivity contribution in [3.63, 3.8) is 0 Å². The van der Waals surface area contributed by atoms with Gasteiger partial charge in [-0.2, -0.15) is 0 Å². The minimum atomic E-state index is -1.13. The third-order valence-corrected chi connectivity index (χ3v) is 2.32. The smallest absolute Gasteiger partial charge is 0.328 e. The molecule has 0 amide bonds. The molecule has 16 heavy (non-hydrogen) atoms. The van der Waals surface area contributed by atoms with Gasteiger partial charge in [0.05, 0.1) is 10.5 Å². The average Bonchev–Trinajstić information content (AvgIpc) is 2.19. The molecule has 0 saturated carbocycles. The molecule has 5 heteroatoms. The molecule has 5 nitrogen and oxygen atoms in total. The molecular formula is C11H11NO4. The lowest BCUT2D eigenvalue weighted by Gasteiger charge is -2.04. The summed E-state index contributed by atoms with van der Waals surface area (Å²) >= 11 is 0. The lowest BCUT2D eigenvalue weighted by atomic mass is 10.0. The number of carboxylic acid groups (broad SMARTS) is 1. The molecule has 0 heterocycles. The SMILES string of the molecule is Cc1ccc(/C=C/C(=O)O)c([N+](=O)[O-])c1C. The lowest BCUT2D eigenvalue weighted by molar-refractivity contribution is -0.385. The first-order chi connectivity index (χ1) is 7.43. The molecule has 0 radical (unpaired) electrons. The Morgan fingerprint density at radius 1 is 1.44 bits per heavy atom. The second-order valence-electron chi connectivity index (χ2n) is 3.37. The Bertz CT molecular complexity index is 477. The Balaban J connectivity index is 3.34. The number of aliphatic carboxylic acids is 1. The van der Waals surface area contributed by atoms with Crippen LogP contribution in [0, 0.1) is 24.0 Å². The topological polar surface area (TPSA) is 80.4 Å². The molecule has 0 bridgehead atoms. The highest BCUT2D eigenvalue weighted by Crippen LogP contribution is 2.26. The fraction of sp³-hybridized carbons (Fsp3) is 0.182. The van der Waals surface area contributed by atoms with Gasteiger partial charge in [-0.15, -0.1) is 0 Å². The maximum atomic E-state index is 10.9. The van der Waals surface area contributed by atoms with Crippen LogP contribution in [0.1, 0.15) is 16.7 Å². The first kappa shape index (κ1) is 11.9. The Morgan fingerprint density at radius 2 is 2.06 bits per heavy atom. The normalized spacial score (nSPS) is 10.6. The van der Waals surface area contributed by atoms with E-state index in [0.717, 1.165) is 11.6 Å². The molecule has 84 valence electrons. The maximum Gasteiger partial charge on any atom is 0.328 e.